The van der Waals surface area contributed by atoms with Crippen molar-refractivity contribution in [1.82, 2.24) is 0 Å². The summed E-state index contributed by atoms with van der Waals surface area (Å²) in [4.78, 5) is 12.2. The van der Waals surface area contributed by atoms with Gasteiger partial charge in [-0.3, -0.25) is 0 Å². The Morgan fingerprint density at radius 3 is 2.52 bits per heavy atom. The van der Waals surface area contributed by atoms with Crippen molar-refractivity contribution in [3.63, 3.8) is 0 Å². The SMILES string of the molecule is CCC[C@H]1CC[C@@H]2C[C@H](OC(=O)c3ccc(F)cc3)CC[C@@H]2C1. The molecule has 126 valence electrons. The molecule has 3 rings (SSSR count). The van der Waals surface area contributed by atoms with Crippen LogP contribution in [-0.4, -0.2) is 12.1 Å². The lowest BCUT2D eigenvalue weighted by Gasteiger charge is -2.41. The number of ether oxygens (including phenoxy) is 1. The first-order chi connectivity index (χ1) is 11.2. The molecular formula is C20H27FO2. The quantitative estimate of drug-likeness (QED) is 0.698. The molecule has 2 aliphatic carbocycles. The van der Waals surface area contributed by atoms with Crippen LogP contribution in [0, 0.1) is 23.6 Å². The minimum Gasteiger partial charge on any atom is -0.459 e. The average molecular weight is 318 g/mol. The summed E-state index contributed by atoms with van der Waals surface area (Å²) in [5.74, 6) is 1.84. The maximum Gasteiger partial charge on any atom is 0.338 e. The number of rotatable bonds is 4. The number of hydrogen-bond donors (Lipinski definition) is 0. The molecule has 2 nitrogen and oxygen atoms in total. The van der Waals surface area contributed by atoms with E-state index in [0.717, 1.165) is 30.6 Å². The second-order valence-corrected chi connectivity index (χ2v) is 7.34. The van der Waals surface area contributed by atoms with Gasteiger partial charge in [0.25, 0.3) is 0 Å². The number of benzene rings is 1. The normalized spacial score (nSPS) is 30.5. The lowest BCUT2D eigenvalue weighted by Crippen LogP contribution is -2.35. The molecule has 0 spiro atoms. The third kappa shape index (κ3) is 4.13. The van der Waals surface area contributed by atoms with Crippen molar-refractivity contribution in [2.45, 2.75) is 64.4 Å². The number of esters is 1. The van der Waals surface area contributed by atoms with Crippen LogP contribution in [0.4, 0.5) is 4.39 Å². The molecule has 0 saturated heterocycles. The molecule has 0 aliphatic heterocycles. The second-order valence-electron chi connectivity index (χ2n) is 7.34. The Kier molecular flexibility index (Phi) is 5.34. The predicted octanol–water partition coefficient (Wildman–Crippen LogP) is 5.37. The van der Waals surface area contributed by atoms with Crippen LogP contribution in [0.5, 0.6) is 0 Å². The summed E-state index contributed by atoms with van der Waals surface area (Å²) < 4.78 is 18.6. The zero-order chi connectivity index (χ0) is 16.2. The molecule has 1 aromatic carbocycles. The van der Waals surface area contributed by atoms with Gasteiger partial charge >= 0.3 is 5.97 Å². The van der Waals surface area contributed by atoms with Crippen molar-refractivity contribution >= 4 is 5.97 Å². The zero-order valence-electron chi connectivity index (χ0n) is 14.0. The standard InChI is InChI=1S/C20H27FO2/c1-2-3-14-4-5-17-13-19(11-8-16(17)12-14)23-20(22)15-6-9-18(21)10-7-15/h6-7,9-10,14,16-17,19H,2-5,8,11-13H2,1H3/t14-,16+,17+,19+/m0/s1. The van der Waals surface area contributed by atoms with Crippen LogP contribution in [0.15, 0.2) is 24.3 Å². The van der Waals surface area contributed by atoms with Gasteiger partial charge < -0.3 is 4.74 Å². The molecule has 1 aromatic rings. The summed E-state index contributed by atoms with van der Waals surface area (Å²) in [6.45, 7) is 2.28. The first-order valence-electron chi connectivity index (χ1n) is 9.12. The van der Waals surface area contributed by atoms with Crippen LogP contribution in [0.1, 0.15) is 68.6 Å². The maximum atomic E-state index is 12.9. The van der Waals surface area contributed by atoms with Crippen molar-refractivity contribution in [3.05, 3.63) is 35.6 Å². The largest absolute Gasteiger partial charge is 0.459 e. The molecule has 0 heterocycles. The first-order valence-corrected chi connectivity index (χ1v) is 9.12. The van der Waals surface area contributed by atoms with E-state index in [9.17, 15) is 9.18 Å². The molecule has 0 aromatic heterocycles. The zero-order valence-corrected chi connectivity index (χ0v) is 14.0. The van der Waals surface area contributed by atoms with Gasteiger partial charge in [-0.25, -0.2) is 9.18 Å². The molecule has 0 unspecified atom stereocenters. The van der Waals surface area contributed by atoms with Crippen LogP contribution in [0.2, 0.25) is 0 Å². The summed E-state index contributed by atoms with van der Waals surface area (Å²) in [6.07, 6.45) is 9.88. The van der Waals surface area contributed by atoms with Crippen molar-refractivity contribution < 1.29 is 13.9 Å². The van der Waals surface area contributed by atoms with Crippen molar-refractivity contribution in [2.24, 2.45) is 17.8 Å². The van der Waals surface area contributed by atoms with E-state index >= 15 is 0 Å². The minimum absolute atomic E-state index is 0.0385. The van der Waals surface area contributed by atoms with Gasteiger partial charge in [-0.05, 0) is 74.1 Å². The molecular weight excluding hydrogens is 291 g/mol. The third-order valence-corrected chi connectivity index (χ3v) is 5.72. The number of fused-ring (bicyclic) bond motifs is 1. The van der Waals surface area contributed by atoms with E-state index < -0.39 is 0 Å². The Morgan fingerprint density at radius 1 is 1.09 bits per heavy atom. The molecule has 4 atom stereocenters. The van der Waals surface area contributed by atoms with Gasteiger partial charge in [-0.1, -0.05) is 26.2 Å². The summed E-state index contributed by atoms with van der Waals surface area (Å²) in [7, 11) is 0. The van der Waals surface area contributed by atoms with Crippen LogP contribution >= 0.6 is 0 Å². The van der Waals surface area contributed by atoms with Gasteiger partial charge in [0.1, 0.15) is 11.9 Å². The Labute approximate surface area is 138 Å². The monoisotopic (exact) mass is 318 g/mol. The second kappa shape index (κ2) is 7.46. The van der Waals surface area contributed by atoms with Gasteiger partial charge in [-0.2, -0.15) is 0 Å². The molecule has 0 bridgehead atoms. The fourth-order valence-corrected chi connectivity index (χ4v) is 4.53. The fourth-order valence-electron chi connectivity index (χ4n) is 4.53. The number of carbonyl (C=O) groups excluding carboxylic acids is 1. The predicted molar refractivity (Wildman–Crippen MR) is 88.7 cm³/mol. The first kappa shape index (κ1) is 16.5. The van der Waals surface area contributed by atoms with Gasteiger partial charge in [0, 0.05) is 0 Å². The van der Waals surface area contributed by atoms with E-state index in [1.165, 1.54) is 62.8 Å². The molecule has 2 aliphatic rings. The summed E-state index contributed by atoms with van der Waals surface area (Å²) in [5, 5.41) is 0. The van der Waals surface area contributed by atoms with Crippen LogP contribution in [-0.2, 0) is 4.74 Å². The van der Waals surface area contributed by atoms with Crippen molar-refractivity contribution in [3.8, 4) is 0 Å². The highest BCUT2D eigenvalue weighted by Gasteiger charge is 2.36. The van der Waals surface area contributed by atoms with Gasteiger partial charge in [0.2, 0.25) is 0 Å². The smallest absolute Gasteiger partial charge is 0.338 e. The highest BCUT2D eigenvalue weighted by molar-refractivity contribution is 5.89. The lowest BCUT2D eigenvalue weighted by molar-refractivity contribution is -0.00620. The highest BCUT2D eigenvalue weighted by atomic mass is 19.1. The van der Waals surface area contributed by atoms with Gasteiger partial charge in [-0.15, -0.1) is 0 Å². The van der Waals surface area contributed by atoms with Crippen LogP contribution in [0.25, 0.3) is 0 Å². The van der Waals surface area contributed by atoms with E-state index in [-0.39, 0.29) is 17.9 Å². The van der Waals surface area contributed by atoms with E-state index in [2.05, 4.69) is 6.92 Å². The van der Waals surface area contributed by atoms with Crippen LogP contribution in [0.3, 0.4) is 0 Å². The van der Waals surface area contributed by atoms with Gasteiger partial charge in [0.15, 0.2) is 0 Å². The summed E-state index contributed by atoms with van der Waals surface area (Å²) in [5.41, 5.74) is 0.445. The van der Waals surface area contributed by atoms with Crippen molar-refractivity contribution in [1.29, 1.82) is 0 Å². The van der Waals surface area contributed by atoms with E-state index in [4.69, 9.17) is 4.74 Å². The third-order valence-electron chi connectivity index (χ3n) is 5.72. The number of carbonyl (C=O) groups is 1. The molecule has 3 heteroatoms. The Bertz CT molecular complexity index is 525. The number of halogens is 1. The van der Waals surface area contributed by atoms with Gasteiger partial charge in [0.05, 0.1) is 5.56 Å². The molecule has 2 saturated carbocycles. The molecule has 0 N–H and O–H groups in total. The minimum atomic E-state index is -0.328. The lowest BCUT2D eigenvalue weighted by atomic mass is 9.66. The Balaban J connectivity index is 1.52. The molecule has 23 heavy (non-hydrogen) atoms. The highest BCUT2D eigenvalue weighted by Crippen LogP contribution is 2.44. The average Bonchev–Trinajstić information content (AvgIpc) is 2.56. The maximum absolute atomic E-state index is 12.9. The Hall–Kier alpha value is -1.38. The van der Waals surface area contributed by atoms with Crippen LogP contribution < -0.4 is 0 Å². The number of hydrogen-bond acceptors (Lipinski definition) is 2. The fraction of sp³-hybridized carbons (Fsp3) is 0.650. The topological polar surface area (TPSA) is 26.3 Å². The Morgan fingerprint density at radius 2 is 1.78 bits per heavy atom. The summed E-state index contributed by atoms with van der Waals surface area (Å²) >= 11 is 0. The molecule has 2 fully saturated rings. The van der Waals surface area contributed by atoms with E-state index in [0.29, 0.717) is 5.56 Å². The molecule has 0 amide bonds. The van der Waals surface area contributed by atoms with Crippen molar-refractivity contribution in [2.75, 3.05) is 0 Å². The molecule has 0 radical (unpaired) electrons. The van der Waals surface area contributed by atoms with E-state index in [1.807, 2.05) is 0 Å². The van der Waals surface area contributed by atoms with E-state index in [1.54, 1.807) is 0 Å². The summed E-state index contributed by atoms with van der Waals surface area (Å²) in [6, 6.07) is 5.61.